The second-order valence-corrected chi connectivity index (χ2v) is 5.85. The predicted molar refractivity (Wildman–Crippen MR) is 83.5 cm³/mol. The Balaban J connectivity index is 2.35. The van der Waals surface area contributed by atoms with E-state index >= 15 is 0 Å². The van der Waals surface area contributed by atoms with Crippen LogP contribution in [0.2, 0.25) is 0 Å². The Kier molecular flexibility index (Phi) is 4.23. The van der Waals surface area contributed by atoms with Gasteiger partial charge in [0.15, 0.2) is 0 Å². The second-order valence-electron chi connectivity index (χ2n) is 4.94. The average Bonchev–Trinajstić information content (AvgIpc) is 2.72. The molecule has 2 aromatic rings. The van der Waals surface area contributed by atoms with E-state index in [-0.39, 0.29) is 17.6 Å². The highest BCUT2D eigenvalue weighted by molar-refractivity contribution is 7.98. The number of hydrogen-bond donors (Lipinski definition) is 1. The summed E-state index contributed by atoms with van der Waals surface area (Å²) in [4.78, 5) is 28.5. The van der Waals surface area contributed by atoms with E-state index in [9.17, 15) is 9.59 Å². The number of imidazole rings is 1. The van der Waals surface area contributed by atoms with Gasteiger partial charge in [0.25, 0.3) is 5.91 Å². The third kappa shape index (κ3) is 2.60. The van der Waals surface area contributed by atoms with Crippen molar-refractivity contribution in [1.82, 2.24) is 14.5 Å². The van der Waals surface area contributed by atoms with Crippen molar-refractivity contribution in [3.8, 4) is 0 Å². The number of fused-ring (bicyclic) bond motifs is 1. The van der Waals surface area contributed by atoms with Gasteiger partial charge in [-0.1, -0.05) is 0 Å². The standard InChI is InChI=1S/C14H19N3O2S/c1-9(8-20-4)16(2)13(18)10-5-6-11-12(7-10)17(3)14(19)15-11/h5-7,9H,8H2,1-4H3,(H,15,19). The molecule has 0 saturated heterocycles. The van der Waals surface area contributed by atoms with Gasteiger partial charge in [0.2, 0.25) is 0 Å². The summed E-state index contributed by atoms with van der Waals surface area (Å²) in [6.07, 6.45) is 2.02. The molecule has 1 heterocycles. The molecule has 1 aromatic heterocycles. The van der Waals surface area contributed by atoms with Crippen LogP contribution in [0, 0.1) is 0 Å². The van der Waals surface area contributed by atoms with E-state index in [0.717, 1.165) is 16.8 Å². The molecule has 20 heavy (non-hydrogen) atoms. The van der Waals surface area contributed by atoms with Gasteiger partial charge in [-0.15, -0.1) is 0 Å². The Hall–Kier alpha value is -1.69. The minimum atomic E-state index is -0.172. The molecule has 1 aromatic carbocycles. The number of aromatic nitrogens is 2. The molecule has 0 aliphatic carbocycles. The highest BCUT2D eigenvalue weighted by Crippen LogP contribution is 2.15. The molecule has 108 valence electrons. The minimum absolute atomic E-state index is 0.0258. The third-order valence-electron chi connectivity index (χ3n) is 3.54. The number of nitrogens with zero attached hydrogens (tertiary/aromatic N) is 2. The Labute approximate surface area is 122 Å². The Bertz CT molecular complexity index is 689. The molecule has 1 amide bonds. The average molecular weight is 293 g/mol. The Morgan fingerprint density at radius 2 is 2.20 bits per heavy atom. The van der Waals surface area contributed by atoms with Crippen molar-refractivity contribution in [3.63, 3.8) is 0 Å². The fraction of sp³-hybridized carbons (Fsp3) is 0.429. The van der Waals surface area contributed by atoms with E-state index in [1.165, 1.54) is 4.57 Å². The van der Waals surface area contributed by atoms with E-state index in [2.05, 4.69) is 4.98 Å². The van der Waals surface area contributed by atoms with Crippen molar-refractivity contribution in [3.05, 3.63) is 34.2 Å². The fourth-order valence-electron chi connectivity index (χ4n) is 2.11. The van der Waals surface area contributed by atoms with Gasteiger partial charge >= 0.3 is 5.69 Å². The van der Waals surface area contributed by atoms with Crippen LogP contribution in [0.15, 0.2) is 23.0 Å². The largest absolute Gasteiger partial charge is 0.338 e. The number of carbonyl (C=O) groups excluding carboxylic acids is 1. The van der Waals surface area contributed by atoms with Crippen LogP contribution in [0.25, 0.3) is 11.0 Å². The first-order valence-electron chi connectivity index (χ1n) is 6.40. The maximum atomic E-state index is 12.4. The maximum Gasteiger partial charge on any atom is 0.326 e. The van der Waals surface area contributed by atoms with Crippen LogP contribution < -0.4 is 5.69 Å². The van der Waals surface area contributed by atoms with Crippen LogP contribution >= 0.6 is 11.8 Å². The highest BCUT2D eigenvalue weighted by Gasteiger charge is 2.18. The zero-order chi connectivity index (χ0) is 14.9. The first kappa shape index (κ1) is 14.7. The summed E-state index contributed by atoms with van der Waals surface area (Å²) in [5.74, 6) is 0.870. The number of nitrogens with one attached hydrogen (secondary N) is 1. The molecule has 5 nitrogen and oxygen atoms in total. The summed E-state index contributed by atoms with van der Waals surface area (Å²) >= 11 is 1.71. The summed E-state index contributed by atoms with van der Waals surface area (Å²) in [6, 6.07) is 5.46. The second kappa shape index (κ2) is 5.75. The Morgan fingerprint density at radius 1 is 1.50 bits per heavy atom. The number of rotatable bonds is 4. The highest BCUT2D eigenvalue weighted by atomic mass is 32.2. The predicted octanol–water partition coefficient (Wildman–Crippen LogP) is 1.69. The first-order chi connectivity index (χ1) is 9.45. The van der Waals surface area contributed by atoms with E-state index in [4.69, 9.17) is 0 Å². The van der Waals surface area contributed by atoms with Crippen LogP contribution in [0.1, 0.15) is 17.3 Å². The summed E-state index contributed by atoms with van der Waals surface area (Å²) in [7, 11) is 3.50. The van der Waals surface area contributed by atoms with Gasteiger partial charge in [0.05, 0.1) is 11.0 Å². The summed E-state index contributed by atoms with van der Waals surface area (Å²) in [5, 5.41) is 0. The molecule has 0 bridgehead atoms. The normalized spacial score (nSPS) is 12.6. The molecule has 1 atom stereocenters. The Morgan fingerprint density at radius 3 is 2.85 bits per heavy atom. The lowest BCUT2D eigenvalue weighted by Gasteiger charge is -2.24. The maximum absolute atomic E-state index is 12.4. The van der Waals surface area contributed by atoms with E-state index in [1.54, 1.807) is 41.9 Å². The quantitative estimate of drug-likeness (QED) is 0.933. The molecule has 6 heteroatoms. The first-order valence-corrected chi connectivity index (χ1v) is 7.80. The molecule has 1 N–H and O–H groups in total. The molecule has 0 aliphatic heterocycles. The van der Waals surface area contributed by atoms with E-state index < -0.39 is 0 Å². The van der Waals surface area contributed by atoms with Crippen molar-refractivity contribution >= 4 is 28.7 Å². The summed E-state index contributed by atoms with van der Waals surface area (Å²) < 4.78 is 1.51. The van der Waals surface area contributed by atoms with Gasteiger partial charge < -0.3 is 9.88 Å². The number of thioether (sulfide) groups is 1. The van der Waals surface area contributed by atoms with Crippen LogP contribution in [-0.4, -0.2) is 45.5 Å². The van der Waals surface area contributed by atoms with Gasteiger partial charge in [-0.2, -0.15) is 11.8 Å². The van der Waals surface area contributed by atoms with Crippen LogP contribution in [0.4, 0.5) is 0 Å². The molecule has 0 fully saturated rings. The number of carbonyl (C=O) groups is 1. The number of aromatic amines is 1. The lowest BCUT2D eigenvalue weighted by molar-refractivity contribution is 0.0757. The zero-order valence-electron chi connectivity index (χ0n) is 12.1. The SMILES string of the molecule is CSCC(C)N(C)C(=O)c1ccc2[nH]c(=O)n(C)c2c1. The number of H-pyrrole nitrogens is 1. The molecule has 2 rings (SSSR count). The number of amides is 1. The summed E-state index contributed by atoms with van der Waals surface area (Å²) in [6.45, 7) is 2.03. The lowest BCUT2D eigenvalue weighted by Crippen LogP contribution is -2.36. The zero-order valence-corrected chi connectivity index (χ0v) is 13.0. The van der Waals surface area contributed by atoms with Crippen molar-refractivity contribution in [2.45, 2.75) is 13.0 Å². The van der Waals surface area contributed by atoms with Gasteiger partial charge in [0.1, 0.15) is 0 Å². The topological polar surface area (TPSA) is 58.1 Å². The van der Waals surface area contributed by atoms with Crippen molar-refractivity contribution in [2.75, 3.05) is 19.1 Å². The van der Waals surface area contributed by atoms with Crippen LogP contribution in [-0.2, 0) is 7.05 Å². The number of aryl methyl sites for hydroxylation is 1. The van der Waals surface area contributed by atoms with Gasteiger partial charge in [0, 0.05) is 31.5 Å². The fourth-order valence-corrected chi connectivity index (χ4v) is 2.82. The van der Waals surface area contributed by atoms with Gasteiger partial charge in [-0.3, -0.25) is 9.36 Å². The number of hydrogen-bond acceptors (Lipinski definition) is 3. The van der Waals surface area contributed by atoms with E-state index in [0.29, 0.717) is 5.56 Å². The lowest BCUT2D eigenvalue weighted by atomic mass is 10.1. The number of benzene rings is 1. The van der Waals surface area contributed by atoms with Crippen molar-refractivity contribution in [1.29, 1.82) is 0 Å². The minimum Gasteiger partial charge on any atom is -0.338 e. The van der Waals surface area contributed by atoms with E-state index in [1.807, 2.05) is 20.2 Å². The van der Waals surface area contributed by atoms with Crippen LogP contribution in [0.5, 0.6) is 0 Å². The van der Waals surface area contributed by atoms with Crippen molar-refractivity contribution in [2.24, 2.45) is 7.05 Å². The molecule has 0 radical (unpaired) electrons. The molecule has 0 aliphatic rings. The monoisotopic (exact) mass is 293 g/mol. The van der Waals surface area contributed by atoms with Crippen molar-refractivity contribution < 1.29 is 4.79 Å². The molecule has 0 saturated carbocycles. The molecule has 0 spiro atoms. The molecular weight excluding hydrogens is 274 g/mol. The molecule has 1 unspecified atom stereocenters. The molecular formula is C14H19N3O2S. The smallest absolute Gasteiger partial charge is 0.326 e. The van der Waals surface area contributed by atoms with Gasteiger partial charge in [-0.25, -0.2) is 4.79 Å². The van der Waals surface area contributed by atoms with Gasteiger partial charge in [-0.05, 0) is 31.4 Å². The summed E-state index contributed by atoms with van der Waals surface area (Å²) in [5.41, 5.74) is 1.91. The van der Waals surface area contributed by atoms with Crippen LogP contribution in [0.3, 0.4) is 0 Å². The third-order valence-corrected chi connectivity index (χ3v) is 4.36.